The second kappa shape index (κ2) is 8.99. The van der Waals surface area contributed by atoms with Gasteiger partial charge in [-0.3, -0.25) is 4.57 Å². The molecule has 1 saturated heterocycles. The van der Waals surface area contributed by atoms with Crippen LogP contribution in [0.1, 0.15) is 37.8 Å². The normalized spacial score (nSPS) is 16.1. The molecule has 3 rings (SSSR count). The standard InChI is InChI=1S/C20H31N5OS/c1-5-24-19(23-10-12-26-13-11-23)21-25(20(24)27)15-22(4)14-17-6-8-18(9-7-17)16(2)3/h6-9,16H,5,10-15H2,1-4H3/p+1. The molecule has 1 N–H and O–H groups in total. The molecule has 1 aromatic carbocycles. The van der Waals surface area contributed by atoms with Gasteiger partial charge in [0.15, 0.2) is 6.67 Å². The van der Waals surface area contributed by atoms with Crippen molar-refractivity contribution in [2.45, 2.75) is 46.4 Å². The van der Waals surface area contributed by atoms with E-state index in [4.69, 9.17) is 22.1 Å². The summed E-state index contributed by atoms with van der Waals surface area (Å²) >= 11 is 5.70. The first-order valence-corrected chi connectivity index (χ1v) is 10.3. The van der Waals surface area contributed by atoms with Crippen LogP contribution in [0, 0.1) is 4.77 Å². The van der Waals surface area contributed by atoms with Gasteiger partial charge in [0, 0.05) is 25.2 Å². The number of nitrogens with one attached hydrogen (secondary N) is 1. The van der Waals surface area contributed by atoms with Crippen molar-refractivity contribution in [2.75, 3.05) is 38.3 Å². The fraction of sp³-hybridized carbons (Fsp3) is 0.600. The van der Waals surface area contributed by atoms with Gasteiger partial charge >= 0.3 is 0 Å². The first-order valence-electron chi connectivity index (χ1n) is 9.90. The Hall–Kier alpha value is -1.70. The molecule has 7 heteroatoms. The van der Waals surface area contributed by atoms with Gasteiger partial charge in [0.2, 0.25) is 10.7 Å². The third-order valence-corrected chi connectivity index (χ3v) is 5.52. The summed E-state index contributed by atoms with van der Waals surface area (Å²) in [6, 6.07) is 8.95. The lowest BCUT2D eigenvalue weighted by molar-refractivity contribution is -0.917. The SMILES string of the molecule is CCn1c(N2CCOCC2)nn(C[NH+](C)Cc2ccc(C(C)C)cc2)c1=S. The smallest absolute Gasteiger partial charge is 0.226 e. The number of benzene rings is 1. The van der Waals surface area contributed by atoms with Crippen LogP contribution in [0.15, 0.2) is 24.3 Å². The third kappa shape index (κ3) is 4.78. The molecular weight excluding hydrogens is 358 g/mol. The number of aromatic nitrogens is 3. The summed E-state index contributed by atoms with van der Waals surface area (Å²) < 4.78 is 10.4. The molecule has 2 heterocycles. The third-order valence-electron chi connectivity index (χ3n) is 5.09. The Balaban J connectivity index is 1.70. The predicted octanol–water partition coefficient (Wildman–Crippen LogP) is 2.07. The Morgan fingerprint density at radius 2 is 1.85 bits per heavy atom. The minimum Gasteiger partial charge on any atom is -0.378 e. The number of nitrogens with zero attached hydrogens (tertiary/aromatic N) is 4. The highest BCUT2D eigenvalue weighted by molar-refractivity contribution is 7.71. The van der Waals surface area contributed by atoms with Crippen molar-refractivity contribution < 1.29 is 9.64 Å². The molecule has 1 unspecified atom stereocenters. The van der Waals surface area contributed by atoms with Gasteiger partial charge in [0.1, 0.15) is 6.54 Å². The summed E-state index contributed by atoms with van der Waals surface area (Å²) in [5.74, 6) is 1.54. The van der Waals surface area contributed by atoms with Gasteiger partial charge in [-0.2, -0.15) is 4.68 Å². The van der Waals surface area contributed by atoms with E-state index in [1.807, 2.05) is 4.68 Å². The minimum absolute atomic E-state index is 0.569. The summed E-state index contributed by atoms with van der Waals surface area (Å²) in [6.07, 6.45) is 0. The van der Waals surface area contributed by atoms with Crippen LogP contribution >= 0.6 is 12.2 Å². The lowest BCUT2D eigenvalue weighted by atomic mass is 10.0. The van der Waals surface area contributed by atoms with Crippen molar-refractivity contribution >= 4 is 18.2 Å². The topological polar surface area (TPSA) is 39.7 Å². The van der Waals surface area contributed by atoms with Crippen LogP contribution in [0.25, 0.3) is 0 Å². The van der Waals surface area contributed by atoms with Crippen LogP contribution in [0.5, 0.6) is 0 Å². The van der Waals surface area contributed by atoms with E-state index < -0.39 is 0 Å². The molecule has 1 aromatic heterocycles. The molecule has 148 valence electrons. The van der Waals surface area contributed by atoms with Crippen molar-refractivity contribution in [3.63, 3.8) is 0 Å². The lowest BCUT2D eigenvalue weighted by Gasteiger charge is -2.27. The van der Waals surface area contributed by atoms with E-state index in [9.17, 15) is 0 Å². The Kier molecular flexibility index (Phi) is 6.68. The largest absolute Gasteiger partial charge is 0.378 e. The maximum absolute atomic E-state index is 5.70. The maximum Gasteiger partial charge on any atom is 0.226 e. The summed E-state index contributed by atoms with van der Waals surface area (Å²) in [4.78, 5) is 3.64. The molecule has 1 atom stereocenters. The number of hydrogen-bond donors (Lipinski definition) is 1. The number of ether oxygens (including phenoxy) is 1. The zero-order valence-electron chi connectivity index (χ0n) is 16.9. The van der Waals surface area contributed by atoms with Gasteiger partial charge in [0.05, 0.1) is 20.3 Å². The Morgan fingerprint density at radius 3 is 2.44 bits per heavy atom. The van der Waals surface area contributed by atoms with Crippen LogP contribution in [-0.2, 0) is 24.5 Å². The molecule has 1 aliphatic heterocycles. The van der Waals surface area contributed by atoms with Crippen LogP contribution < -0.4 is 9.80 Å². The number of morpholine rings is 1. The molecule has 6 nitrogen and oxygen atoms in total. The number of rotatable bonds is 7. The monoisotopic (exact) mass is 390 g/mol. The molecule has 0 bridgehead atoms. The quantitative estimate of drug-likeness (QED) is 0.735. The van der Waals surface area contributed by atoms with E-state index >= 15 is 0 Å². The molecule has 2 aromatic rings. The molecular formula is C20H32N5OS+. The molecule has 0 saturated carbocycles. The highest BCUT2D eigenvalue weighted by Crippen LogP contribution is 2.15. The average molecular weight is 391 g/mol. The molecule has 27 heavy (non-hydrogen) atoms. The lowest BCUT2D eigenvalue weighted by Crippen LogP contribution is -3.07. The zero-order chi connectivity index (χ0) is 19.4. The van der Waals surface area contributed by atoms with Crippen molar-refractivity contribution in [2.24, 2.45) is 0 Å². The Morgan fingerprint density at radius 1 is 1.19 bits per heavy atom. The minimum atomic E-state index is 0.569. The van der Waals surface area contributed by atoms with Crippen LogP contribution in [0.4, 0.5) is 5.95 Å². The Bertz CT molecular complexity index is 790. The van der Waals surface area contributed by atoms with Crippen molar-refractivity contribution in [3.8, 4) is 0 Å². The fourth-order valence-electron chi connectivity index (χ4n) is 3.49. The Labute approximate surface area is 167 Å². The molecule has 0 spiro atoms. The van der Waals surface area contributed by atoms with Gasteiger partial charge in [-0.25, -0.2) is 0 Å². The van der Waals surface area contributed by atoms with E-state index in [0.29, 0.717) is 5.92 Å². The molecule has 1 fully saturated rings. The van der Waals surface area contributed by atoms with Crippen LogP contribution in [-0.4, -0.2) is 47.7 Å². The van der Waals surface area contributed by atoms with E-state index in [1.54, 1.807) is 0 Å². The second-order valence-electron chi connectivity index (χ2n) is 7.61. The van der Waals surface area contributed by atoms with Crippen molar-refractivity contribution in [3.05, 3.63) is 40.2 Å². The van der Waals surface area contributed by atoms with Crippen LogP contribution in [0.3, 0.4) is 0 Å². The first-order chi connectivity index (χ1) is 13.0. The molecule has 0 radical (unpaired) electrons. The summed E-state index contributed by atoms with van der Waals surface area (Å²) in [6.45, 7) is 12.4. The number of hydrogen-bond acceptors (Lipinski definition) is 4. The summed E-state index contributed by atoms with van der Waals surface area (Å²) in [5.41, 5.74) is 2.72. The van der Waals surface area contributed by atoms with Gasteiger partial charge in [-0.05, 0) is 30.6 Å². The molecule has 0 aliphatic carbocycles. The molecule has 1 aliphatic rings. The first kappa shape index (κ1) is 20.0. The van der Waals surface area contributed by atoms with E-state index in [2.05, 4.69) is 61.6 Å². The van der Waals surface area contributed by atoms with E-state index in [1.165, 1.54) is 16.0 Å². The van der Waals surface area contributed by atoms with Gasteiger partial charge < -0.3 is 14.5 Å². The maximum atomic E-state index is 5.70. The van der Waals surface area contributed by atoms with Gasteiger partial charge in [0.25, 0.3) is 0 Å². The predicted molar refractivity (Wildman–Crippen MR) is 111 cm³/mol. The summed E-state index contributed by atoms with van der Waals surface area (Å²) in [5, 5.41) is 4.85. The zero-order valence-corrected chi connectivity index (χ0v) is 17.8. The van der Waals surface area contributed by atoms with Gasteiger partial charge in [-0.1, -0.05) is 38.1 Å². The van der Waals surface area contributed by atoms with Crippen molar-refractivity contribution in [1.82, 2.24) is 14.3 Å². The van der Waals surface area contributed by atoms with E-state index in [-0.39, 0.29) is 0 Å². The van der Waals surface area contributed by atoms with Crippen molar-refractivity contribution in [1.29, 1.82) is 0 Å². The highest BCUT2D eigenvalue weighted by atomic mass is 32.1. The summed E-state index contributed by atoms with van der Waals surface area (Å²) in [7, 11) is 2.19. The second-order valence-corrected chi connectivity index (χ2v) is 7.98. The van der Waals surface area contributed by atoms with E-state index in [0.717, 1.165) is 56.8 Å². The van der Waals surface area contributed by atoms with Crippen LogP contribution in [0.2, 0.25) is 0 Å². The highest BCUT2D eigenvalue weighted by Gasteiger charge is 2.20. The molecule has 0 amide bonds. The fourth-order valence-corrected chi connectivity index (χ4v) is 3.80. The number of anilines is 1. The number of quaternary nitrogens is 1. The average Bonchev–Trinajstić information content (AvgIpc) is 2.98. The van der Waals surface area contributed by atoms with Gasteiger partial charge in [-0.15, -0.1) is 5.10 Å².